The van der Waals surface area contributed by atoms with Crippen LogP contribution in [0.15, 0.2) is 24.3 Å². The van der Waals surface area contributed by atoms with Crippen LogP contribution >= 0.6 is 0 Å². The number of anilines is 1. The SMILES string of the molecule is CCN(CCNc1ccc([N+](=O)[O-])cc1)C(C)C. The van der Waals surface area contributed by atoms with E-state index in [9.17, 15) is 10.1 Å². The Morgan fingerprint density at radius 3 is 2.39 bits per heavy atom. The molecule has 0 aliphatic rings. The molecule has 0 saturated carbocycles. The van der Waals surface area contributed by atoms with Gasteiger partial charge in [0.05, 0.1) is 4.92 Å². The van der Waals surface area contributed by atoms with Crippen LogP contribution in [0.5, 0.6) is 0 Å². The Morgan fingerprint density at radius 2 is 1.94 bits per heavy atom. The molecule has 0 atom stereocenters. The second-order valence-corrected chi connectivity index (χ2v) is 4.45. The summed E-state index contributed by atoms with van der Waals surface area (Å²) in [7, 11) is 0. The van der Waals surface area contributed by atoms with Crippen LogP contribution in [-0.2, 0) is 0 Å². The number of nitrogens with one attached hydrogen (secondary N) is 1. The molecule has 0 spiro atoms. The maximum absolute atomic E-state index is 10.5. The van der Waals surface area contributed by atoms with Gasteiger partial charge in [-0.05, 0) is 32.5 Å². The van der Waals surface area contributed by atoms with E-state index in [1.165, 1.54) is 12.1 Å². The van der Waals surface area contributed by atoms with Crippen LogP contribution in [0.25, 0.3) is 0 Å². The molecule has 0 aliphatic carbocycles. The van der Waals surface area contributed by atoms with Crippen molar-refractivity contribution in [3.05, 3.63) is 34.4 Å². The molecule has 0 heterocycles. The molecule has 0 bridgehead atoms. The van der Waals surface area contributed by atoms with Crippen molar-refractivity contribution in [1.29, 1.82) is 0 Å². The van der Waals surface area contributed by atoms with Gasteiger partial charge in [-0.15, -0.1) is 0 Å². The lowest BCUT2D eigenvalue weighted by atomic mass is 10.3. The van der Waals surface area contributed by atoms with Crippen LogP contribution in [0.2, 0.25) is 0 Å². The Balaban J connectivity index is 2.42. The third-order valence-corrected chi connectivity index (χ3v) is 2.94. The predicted molar refractivity (Wildman–Crippen MR) is 74.0 cm³/mol. The summed E-state index contributed by atoms with van der Waals surface area (Å²) in [4.78, 5) is 12.5. The van der Waals surface area contributed by atoms with Gasteiger partial charge in [-0.3, -0.25) is 15.0 Å². The number of nitrogens with zero attached hydrogens (tertiary/aromatic N) is 2. The van der Waals surface area contributed by atoms with Crippen LogP contribution < -0.4 is 5.32 Å². The first kappa shape index (κ1) is 14.4. The summed E-state index contributed by atoms with van der Waals surface area (Å²) in [6.45, 7) is 9.32. The van der Waals surface area contributed by atoms with Gasteiger partial charge in [0, 0.05) is 37.0 Å². The van der Waals surface area contributed by atoms with Crippen LogP contribution in [0, 0.1) is 10.1 Å². The maximum Gasteiger partial charge on any atom is 0.269 e. The summed E-state index contributed by atoms with van der Waals surface area (Å²) in [5.74, 6) is 0. The lowest BCUT2D eigenvalue weighted by Gasteiger charge is -2.24. The first-order chi connectivity index (χ1) is 8.54. The molecule has 1 aromatic rings. The first-order valence-corrected chi connectivity index (χ1v) is 6.27. The van der Waals surface area contributed by atoms with E-state index in [0.717, 1.165) is 25.3 Å². The summed E-state index contributed by atoms with van der Waals surface area (Å²) < 4.78 is 0. The van der Waals surface area contributed by atoms with Gasteiger partial charge in [0.1, 0.15) is 0 Å². The molecule has 18 heavy (non-hydrogen) atoms. The highest BCUT2D eigenvalue weighted by molar-refractivity contribution is 5.48. The molecule has 100 valence electrons. The standard InChI is InChI=1S/C13H21N3O2/c1-4-15(11(2)3)10-9-14-12-5-7-13(8-6-12)16(17)18/h5-8,11,14H,4,9-10H2,1-3H3. The Kier molecular flexibility index (Phi) is 5.58. The molecule has 1 aromatic carbocycles. The fourth-order valence-electron chi connectivity index (χ4n) is 1.83. The van der Waals surface area contributed by atoms with Crippen LogP contribution in [-0.4, -0.2) is 35.5 Å². The highest BCUT2D eigenvalue weighted by Gasteiger charge is 2.06. The minimum atomic E-state index is -0.388. The van der Waals surface area contributed by atoms with E-state index in [1.54, 1.807) is 12.1 Å². The third-order valence-electron chi connectivity index (χ3n) is 2.94. The summed E-state index contributed by atoms with van der Waals surface area (Å²) in [5.41, 5.74) is 1.04. The normalized spacial score (nSPS) is 10.9. The second kappa shape index (κ2) is 6.96. The van der Waals surface area contributed by atoms with Gasteiger partial charge >= 0.3 is 0 Å². The average molecular weight is 251 g/mol. The largest absolute Gasteiger partial charge is 0.384 e. The number of nitro groups is 1. The van der Waals surface area contributed by atoms with E-state index < -0.39 is 0 Å². The van der Waals surface area contributed by atoms with Gasteiger partial charge in [0.15, 0.2) is 0 Å². The molecule has 5 heteroatoms. The Hall–Kier alpha value is -1.62. The minimum Gasteiger partial charge on any atom is -0.384 e. The highest BCUT2D eigenvalue weighted by Crippen LogP contribution is 2.15. The van der Waals surface area contributed by atoms with E-state index in [1.807, 2.05) is 0 Å². The molecule has 0 saturated heterocycles. The maximum atomic E-state index is 10.5. The fourth-order valence-corrected chi connectivity index (χ4v) is 1.83. The van der Waals surface area contributed by atoms with E-state index >= 15 is 0 Å². The van der Waals surface area contributed by atoms with Gasteiger partial charge in [-0.2, -0.15) is 0 Å². The van der Waals surface area contributed by atoms with Crippen molar-refractivity contribution in [2.45, 2.75) is 26.8 Å². The van der Waals surface area contributed by atoms with Gasteiger partial charge in [-0.1, -0.05) is 6.92 Å². The molecule has 0 amide bonds. The smallest absolute Gasteiger partial charge is 0.269 e. The summed E-state index contributed by atoms with van der Waals surface area (Å²) in [5, 5.41) is 13.8. The molecule has 1 rings (SSSR count). The number of hydrogen-bond acceptors (Lipinski definition) is 4. The van der Waals surface area contributed by atoms with E-state index in [-0.39, 0.29) is 10.6 Å². The van der Waals surface area contributed by atoms with Crippen molar-refractivity contribution in [3.63, 3.8) is 0 Å². The molecular formula is C13H21N3O2. The Labute approximate surface area is 108 Å². The quantitative estimate of drug-likeness (QED) is 0.598. The molecule has 0 aromatic heterocycles. The zero-order chi connectivity index (χ0) is 13.5. The number of benzene rings is 1. The first-order valence-electron chi connectivity index (χ1n) is 6.27. The van der Waals surface area contributed by atoms with Gasteiger partial charge in [-0.25, -0.2) is 0 Å². The van der Waals surface area contributed by atoms with Gasteiger partial charge in [0.2, 0.25) is 0 Å². The molecule has 0 fully saturated rings. The lowest BCUT2D eigenvalue weighted by molar-refractivity contribution is -0.384. The van der Waals surface area contributed by atoms with E-state index in [0.29, 0.717) is 6.04 Å². The van der Waals surface area contributed by atoms with Gasteiger partial charge in [0.25, 0.3) is 5.69 Å². The third kappa shape index (κ3) is 4.33. The van der Waals surface area contributed by atoms with Crippen molar-refractivity contribution in [3.8, 4) is 0 Å². The fraction of sp³-hybridized carbons (Fsp3) is 0.538. The molecule has 5 nitrogen and oxygen atoms in total. The molecule has 0 aliphatic heterocycles. The molecule has 0 unspecified atom stereocenters. The number of rotatable bonds is 7. The summed E-state index contributed by atoms with van der Waals surface area (Å²) in [6, 6.07) is 7.05. The number of non-ortho nitro benzene ring substituents is 1. The van der Waals surface area contributed by atoms with Crippen molar-refractivity contribution in [1.82, 2.24) is 4.90 Å². The Morgan fingerprint density at radius 1 is 1.33 bits per heavy atom. The zero-order valence-corrected chi connectivity index (χ0v) is 11.2. The van der Waals surface area contributed by atoms with Crippen LogP contribution in [0.3, 0.4) is 0 Å². The number of nitro benzene ring substituents is 1. The number of hydrogen-bond donors (Lipinski definition) is 1. The topological polar surface area (TPSA) is 58.4 Å². The lowest BCUT2D eigenvalue weighted by Crippen LogP contribution is -2.34. The highest BCUT2D eigenvalue weighted by atomic mass is 16.6. The van der Waals surface area contributed by atoms with Crippen LogP contribution in [0.4, 0.5) is 11.4 Å². The predicted octanol–water partition coefficient (Wildman–Crippen LogP) is 2.74. The minimum absolute atomic E-state index is 0.123. The second-order valence-electron chi connectivity index (χ2n) is 4.45. The molecular weight excluding hydrogens is 230 g/mol. The van der Waals surface area contributed by atoms with Crippen molar-refractivity contribution in [2.24, 2.45) is 0 Å². The number of likely N-dealkylation sites (N-methyl/N-ethyl adjacent to an activating group) is 1. The molecule has 0 radical (unpaired) electrons. The average Bonchev–Trinajstić information content (AvgIpc) is 2.34. The summed E-state index contributed by atoms with van der Waals surface area (Å²) in [6.07, 6.45) is 0. The van der Waals surface area contributed by atoms with E-state index in [2.05, 4.69) is 31.0 Å². The zero-order valence-electron chi connectivity index (χ0n) is 11.2. The van der Waals surface area contributed by atoms with E-state index in [4.69, 9.17) is 0 Å². The molecule has 1 N–H and O–H groups in total. The summed E-state index contributed by atoms with van der Waals surface area (Å²) >= 11 is 0. The monoisotopic (exact) mass is 251 g/mol. The van der Waals surface area contributed by atoms with Crippen molar-refractivity contribution < 1.29 is 4.92 Å². The van der Waals surface area contributed by atoms with Crippen LogP contribution in [0.1, 0.15) is 20.8 Å². The van der Waals surface area contributed by atoms with Crippen molar-refractivity contribution >= 4 is 11.4 Å². The Bertz CT molecular complexity index is 376. The van der Waals surface area contributed by atoms with Gasteiger partial charge < -0.3 is 5.32 Å². The van der Waals surface area contributed by atoms with Crippen molar-refractivity contribution in [2.75, 3.05) is 25.0 Å².